The van der Waals surface area contributed by atoms with E-state index in [-0.39, 0.29) is 0 Å². The summed E-state index contributed by atoms with van der Waals surface area (Å²) in [6.45, 7) is 2.20. The van der Waals surface area contributed by atoms with Crippen molar-refractivity contribution in [3.63, 3.8) is 0 Å². The fraction of sp³-hybridized carbons (Fsp3) is 0.200. The Morgan fingerprint density at radius 2 is 2.00 bits per heavy atom. The van der Waals surface area contributed by atoms with Gasteiger partial charge in [0.2, 0.25) is 0 Å². The third-order valence-electron chi connectivity index (χ3n) is 3.34. The number of benzene rings is 1. The Hall–Kier alpha value is -1.54. The first-order valence-corrected chi connectivity index (χ1v) is 6.68. The molecule has 1 aliphatic rings. The third-order valence-corrected chi connectivity index (χ3v) is 4.41. The third kappa shape index (κ3) is 1.69. The van der Waals surface area contributed by atoms with Gasteiger partial charge in [-0.3, -0.25) is 0 Å². The van der Waals surface area contributed by atoms with Crippen molar-refractivity contribution in [3.8, 4) is 0 Å². The molecular weight excluding hydrogens is 226 g/mol. The summed E-state index contributed by atoms with van der Waals surface area (Å²) in [6.07, 6.45) is 4.36. The zero-order valence-electron chi connectivity index (χ0n) is 10.1. The molecular formula is C15H15NS. The smallest absolute Gasteiger partial charge is 0.0887 e. The van der Waals surface area contributed by atoms with E-state index in [1.807, 2.05) is 11.3 Å². The predicted molar refractivity (Wildman–Crippen MR) is 74.1 cm³/mol. The Bertz CT molecular complexity index is 568. The fourth-order valence-electron chi connectivity index (χ4n) is 2.41. The van der Waals surface area contributed by atoms with Crippen LogP contribution in [0.2, 0.25) is 0 Å². The van der Waals surface area contributed by atoms with Gasteiger partial charge >= 0.3 is 0 Å². The molecule has 1 unspecified atom stereocenters. The largest absolute Gasteiger partial charge is 0.368 e. The lowest BCUT2D eigenvalue weighted by molar-refractivity contribution is 0.385. The lowest BCUT2D eigenvalue weighted by Crippen LogP contribution is -2.23. The highest BCUT2D eigenvalue weighted by molar-refractivity contribution is 7.10. The van der Waals surface area contributed by atoms with E-state index in [2.05, 4.69) is 66.9 Å². The predicted octanol–water partition coefficient (Wildman–Crippen LogP) is 4.06. The Balaban J connectivity index is 2.16. The molecule has 1 aromatic heterocycles. The monoisotopic (exact) mass is 241 g/mol. The van der Waals surface area contributed by atoms with E-state index in [1.54, 1.807) is 0 Å². The van der Waals surface area contributed by atoms with Gasteiger partial charge in [-0.25, -0.2) is 0 Å². The molecule has 0 saturated carbocycles. The van der Waals surface area contributed by atoms with Gasteiger partial charge in [-0.05, 0) is 41.1 Å². The van der Waals surface area contributed by atoms with Crippen LogP contribution in [0.15, 0.2) is 41.9 Å². The molecule has 0 saturated heterocycles. The molecule has 0 bridgehead atoms. The summed E-state index contributed by atoms with van der Waals surface area (Å²) in [4.78, 5) is 3.74. The maximum absolute atomic E-state index is 2.29. The number of fused-ring (bicyclic) bond motifs is 1. The van der Waals surface area contributed by atoms with Crippen LogP contribution in [0.5, 0.6) is 0 Å². The molecule has 2 heteroatoms. The van der Waals surface area contributed by atoms with E-state index < -0.39 is 0 Å². The Labute approximate surface area is 106 Å². The summed E-state index contributed by atoms with van der Waals surface area (Å²) in [7, 11) is 2.15. The second kappa shape index (κ2) is 4.04. The van der Waals surface area contributed by atoms with Gasteiger partial charge in [0.1, 0.15) is 0 Å². The standard InChI is InChI=1S/C15H15NS/c1-11-8-10-17-15(11)14-13-6-4-3-5-12(13)7-9-16(14)2/h3-10,14H,1-2H3. The Kier molecular flexibility index (Phi) is 2.52. The summed E-state index contributed by atoms with van der Waals surface area (Å²) >= 11 is 1.85. The van der Waals surface area contributed by atoms with Crippen molar-refractivity contribution in [2.45, 2.75) is 13.0 Å². The quantitative estimate of drug-likeness (QED) is 0.727. The highest BCUT2D eigenvalue weighted by Gasteiger charge is 2.24. The van der Waals surface area contributed by atoms with Crippen molar-refractivity contribution < 1.29 is 0 Å². The maximum Gasteiger partial charge on any atom is 0.0887 e. The minimum atomic E-state index is 0.371. The van der Waals surface area contributed by atoms with E-state index >= 15 is 0 Å². The first-order chi connectivity index (χ1) is 8.27. The number of hydrogen-bond acceptors (Lipinski definition) is 2. The number of hydrogen-bond donors (Lipinski definition) is 0. The average molecular weight is 241 g/mol. The molecule has 17 heavy (non-hydrogen) atoms. The molecule has 1 nitrogen and oxygen atoms in total. The molecule has 2 aromatic rings. The van der Waals surface area contributed by atoms with E-state index in [9.17, 15) is 0 Å². The van der Waals surface area contributed by atoms with Crippen LogP contribution in [0.3, 0.4) is 0 Å². The van der Waals surface area contributed by atoms with Crippen molar-refractivity contribution in [1.29, 1.82) is 0 Å². The highest BCUT2D eigenvalue weighted by atomic mass is 32.1. The fourth-order valence-corrected chi connectivity index (χ4v) is 3.50. The van der Waals surface area contributed by atoms with Gasteiger partial charge in [-0.1, -0.05) is 24.3 Å². The molecule has 1 atom stereocenters. The van der Waals surface area contributed by atoms with Crippen LogP contribution < -0.4 is 0 Å². The highest BCUT2D eigenvalue weighted by Crippen LogP contribution is 2.38. The first-order valence-electron chi connectivity index (χ1n) is 5.80. The SMILES string of the molecule is Cc1ccsc1C1c2ccccc2C=CN1C. The van der Waals surface area contributed by atoms with Crippen LogP contribution in [-0.4, -0.2) is 11.9 Å². The van der Waals surface area contributed by atoms with Crippen LogP contribution >= 0.6 is 11.3 Å². The summed E-state index contributed by atoms with van der Waals surface area (Å²) < 4.78 is 0. The summed E-state index contributed by atoms with van der Waals surface area (Å²) in [6, 6.07) is 11.2. The Morgan fingerprint density at radius 1 is 1.18 bits per heavy atom. The second-order valence-corrected chi connectivity index (χ2v) is 5.43. The van der Waals surface area contributed by atoms with E-state index in [4.69, 9.17) is 0 Å². The van der Waals surface area contributed by atoms with Crippen LogP contribution in [0, 0.1) is 6.92 Å². The zero-order chi connectivity index (χ0) is 11.8. The lowest BCUT2D eigenvalue weighted by atomic mass is 9.94. The average Bonchev–Trinajstić information content (AvgIpc) is 2.75. The molecule has 0 spiro atoms. The van der Waals surface area contributed by atoms with Gasteiger partial charge in [0.15, 0.2) is 0 Å². The molecule has 0 radical (unpaired) electrons. The van der Waals surface area contributed by atoms with E-state index in [0.717, 1.165) is 0 Å². The van der Waals surface area contributed by atoms with Crippen molar-refractivity contribution in [2.75, 3.05) is 7.05 Å². The molecule has 3 rings (SSSR count). The number of rotatable bonds is 1. The maximum atomic E-state index is 2.29. The molecule has 0 aliphatic carbocycles. The normalized spacial score (nSPS) is 18.2. The summed E-state index contributed by atoms with van der Waals surface area (Å²) in [5.74, 6) is 0. The molecule has 0 fully saturated rings. The Morgan fingerprint density at radius 3 is 2.76 bits per heavy atom. The van der Waals surface area contributed by atoms with Crippen molar-refractivity contribution in [1.82, 2.24) is 4.90 Å². The van der Waals surface area contributed by atoms with Crippen LogP contribution in [-0.2, 0) is 0 Å². The van der Waals surface area contributed by atoms with Gasteiger partial charge < -0.3 is 4.90 Å². The molecule has 86 valence electrons. The van der Waals surface area contributed by atoms with Gasteiger partial charge in [-0.15, -0.1) is 11.3 Å². The molecule has 0 amide bonds. The molecule has 1 aliphatic heterocycles. The zero-order valence-corrected chi connectivity index (χ0v) is 10.9. The number of aryl methyl sites for hydroxylation is 1. The van der Waals surface area contributed by atoms with E-state index in [1.165, 1.54) is 21.6 Å². The van der Waals surface area contributed by atoms with Crippen molar-refractivity contribution in [3.05, 3.63) is 63.5 Å². The minimum Gasteiger partial charge on any atom is -0.368 e. The minimum absolute atomic E-state index is 0.371. The second-order valence-electron chi connectivity index (χ2n) is 4.48. The van der Waals surface area contributed by atoms with Crippen LogP contribution in [0.1, 0.15) is 27.6 Å². The van der Waals surface area contributed by atoms with Crippen LogP contribution in [0.25, 0.3) is 6.08 Å². The topological polar surface area (TPSA) is 3.24 Å². The molecule has 2 heterocycles. The number of nitrogens with zero attached hydrogens (tertiary/aromatic N) is 1. The van der Waals surface area contributed by atoms with Crippen molar-refractivity contribution in [2.24, 2.45) is 0 Å². The number of thiophene rings is 1. The van der Waals surface area contributed by atoms with Crippen molar-refractivity contribution >= 4 is 17.4 Å². The molecule has 0 N–H and O–H groups in total. The first kappa shape index (κ1) is 10.6. The van der Waals surface area contributed by atoms with Gasteiger partial charge in [0, 0.05) is 18.1 Å². The van der Waals surface area contributed by atoms with E-state index in [0.29, 0.717) is 6.04 Å². The van der Waals surface area contributed by atoms with Gasteiger partial charge in [-0.2, -0.15) is 0 Å². The summed E-state index contributed by atoms with van der Waals surface area (Å²) in [5, 5.41) is 2.18. The molecule has 1 aromatic carbocycles. The lowest BCUT2D eigenvalue weighted by Gasteiger charge is -2.31. The van der Waals surface area contributed by atoms with Gasteiger partial charge in [0.05, 0.1) is 6.04 Å². The van der Waals surface area contributed by atoms with Gasteiger partial charge in [0.25, 0.3) is 0 Å². The van der Waals surface area contributed by atoms with Crippen LogP contribution in [0.4, 0.5) is 0 Å². The summed E-state index contributed by atoms with van der Waals surface area (Å²) in [5.41, 5.74) is 4.13.